The summed E-state index contributed by atoms with van der Waals surface area (Å²) in [5, 5.41) is 1.29. The Hall–Kier alpha value is -2.70. The number of carbonyl (C=O) groups excluding carboxylic acids is 1. The molecule has 4 nitrogen and oxygen atoms in total. The molecule has 1 aromatic heterocycles. The largest absolute Gasteiger partial charge is 0.282 e. The van der Waals surface area contributed by atoms with Crippen LogP contribution in [0.3, 0.4) is 0 Å². The Balaban J connectivity index is 1.69. The molecule has 0 unspecified atom stereocenters. The van der Waals surface area contributed by atoms with E-state index in [0.717, 1.165) is 15.8 Å². The third-order valence-electron chi connectivity index (χ3n) is 4.05. The summed E-state index contributed by atoms with van der Waals surface area (Å²) >= 11 is 2.89. The number of amidine groups is 1. The minimum absolute atomic E-state index is 0.0552. The van der Waals surface area contributed by atoms with E-state index in [9.17, 15) is 4.79 Å². The van der Waals surface area contributed by atoms with Gasteiger partial charge in [0.2, 0.25) is 5.13 Å². The van der Waals surface area contributed by atoms with Gasteiger partial charge in [0.1, 0.15) is 0 Å². The van der Waals surface area contributed by atoms with Crippen molar-refractivity contribution in [2.75, 3.05) is 6.54 Å². The average molecular weight is 392 g/mol. The highest BCUT2D eigenvalue weighted by Crippen LogP contribution is 2.36. The molecule has 0 atom stereocenters. The zero-order valence-corrected chi connectivity index (χ0v) is 16.4. The van der Waals surface area contributed by atoms with Crippen LogP contribution < -0.4 is 0 Å². The van der Waals surface area contributed by atoms with Crippen molar-refractivity contribution in [3.63, 3.8) is 0 Å². The molecule has 27 heavy (non-hydrogen) atoms. The first kappa shape index (κ1) is 17.7. The zero-order valence-electron chi connectivity index (χ0n) is 14.8. The van der Waals surface area contributed by atoms with Crippen LogP contribution in [0, 0.1) is 6.92 Å². The lowest BCUT2D eigenvalue weighted by Crippen LogP contribution is -2.29. The molecule has 134 valence electrons. The minimum Gasteiger partial charge on any atom is -0.282 e. The van der Waals surface area contributed by atoms with Gasteiger partial charge in [-0.2, -0.15) is 4.99 Å². The van der Waals surface area contributed by atoms with Gasteiger partial charge < -0.3 is 0 Å². The quantitative estimate of drug-likeness (QED) is 0.442. The fourth-order valence-corrected chi connectivity index (χ4v) is 4.57. The average Bonchev–Trinajstić information content (AvgIpc) is 3.20. The lowest BCUT2D eigenvalue weighted by Gasteiger charge is -2.11. The molecule has 2 aromatic carbocycles. The van der Waals surface area contributed by atoms with Gasteiger partial charge in [-0.15, -0.1) is 6.58 Å². The molecule has 0 bridgehead atoms. The molecule has 1 fully saturated rings. The second-order valence-electron chi connectivity index (χ2n) is 6.08. The molecule has 0 radical (unpaired) electrons. The molecule has 1 aliphatic rings. The SMILES string of the molecule is C=CCN1C(=O)/C(=C/c2ccc(C)cc2)S/C1=N/c1nc2ccccc2s1. The molecule has 0 spiro atoms. The minimum atomic E-state index is -0.0552. The molecule has 0 aliphatic carbocycles. The van der Waals surface area contributed by atoms with E-state index in [-0.39, 0.29) is 5.91 Å². The summed E-state index contributed by atoms with van der Waals surface area (Å²) in [6.45, 7) is 6.22. The van der Waals surface area contributed by atoms with Crippen LogP contribution in [0.1, 0.15) is 11.1 Å². The molecule has 1 saturated heterocycles. The number of aryl methyl sites for hydroxylation is 1. The summed E-state index contributed by atoms with van der Waals surface area (Å²) in [6.07, 6.45) is 3.62. The lowest BCUT2D eigenvalue weighted by molar-refractivity contribution is -0.121. The van der Waals surface area contributed by atoms with Crippen molar-refractivity contribution >= 4 is 55.6 Å². The molecule has 2 heterocycles. The molecule has 1 amide bonds. The highest BCUT2D eigenvalue weighted by molar-refractivity contribution is 8.18. The van der Waals surface area contributed by atoms with Crippen molar-refractivity contribution < 1.29 is 4.79 Å². The first-order chi connectivity index (χ1) is 13.1. The number of nitrogens with zero attached hydrogens (tertiary/aromatic N) is 3. The van der Waals surface area contributed by atoms with Gasteiger partial charge in [0.05, 0.1) is 15.1 Å². The standard InChI is InChI=1S/C21H17N3OS2/c1-3-12-24-19(25)18(13-15-10-8-14(2)9-11-15)27-21(24)23-20-22-16-6-4-5-7-17(16)26-20/h3-11,13H,1,12H2,2H3/b18-13-,23-21+. The molecule has 1 aliphatic heterocycles. The Labute approximate surface area is 166 Å². The van der Waals surface area contributed by atoms with Gasteiger partial charge in [-0.25, -0.2) is 4.98 Å². The Bertz CT molecular complexity index is 1050. The number of thiazole rings is 1. The van der Waals surface area contributed by atoms with E-state index in [1.807, 2.05) is 61.5 Å². The predicted molar refractivity (Wildman–Crippen MR) is 115 cm³/mol. The Morgan fingerprint density at radius 3 is 2.70 bits per heavy atom. The molecule has 6 heteroatoms. The van der Waals surface area contributed by atoms with Crippen LogP contribution in [-0.2, 0) is 4.79 Å². The van der Waals surface area contributed by atoms with Crippen LogP contribution in [0.25, 0.3) is 16.3 Å². The lowest BCUT2D eigenvalue weighted by atomic mass is 10.1. The third-order valence-corrected chi connectivity index (χ3v) is 5.99. The van der Waals surface area contributed by atoms with Crippen molar-refractivity contribution in [2.24, 2.45) is 4.99 Å². The normalized spacial score (nSPS) is 17.4. The number of benzene rings is 2. The molecule has 3 aromatic rings. The number of aromatic nitrogens is 1. The van der Waals surface area contributed by atoms with Crippen molar-refractivity contribution in [1.82, 2.24) is 9.88 Å². The summed E-state index contributed by atoms with van der Waals surface area (Å²) < 4.78 is 1.08. The number of thioether (sulfide) groups is 1. The smallest absolute Gasteiger partial charge is 0.267 e. The number of fused-ring (bicyclic) bond motifs is 1. The van der Waals surface area contributed by atoms with E-state index >= 15 is 0 Å². The number of hydrogen-bond acceptors (Lipinski definition) is 5. The van der Waals surface area contributed by atoms with Crippen LogP contribution in [-0.4, -0.2) is 27.5 Å². The molecular weight excluding hydrogens is 374 g/mol. The molecular formula is C21H17N3OS2. The second-order valence-corrected chi connectivity index (χ2v) is 8.10. The van der Waals surface area contributed by atoms with Gasteiger partial charge in [0.15, 0.2) is 5.17 Å². The van der Waals surface area contributed by atoms with Crippen molar-refractivity contribution in [1.29, 1.82) is 0 Å². The van der Waals surface area contributed by atoms with E-state index in [1.54, 1.807) is 11.0 Å². The number of para-hydroxylation sites is 1. The highest BCUT2D eigenvalue weighted by Gasteiger charge is 2.32. The number of amides is 1. The van der Waals surface area contributed by atoms with Crippen LogP contribution >= 0.6 is 23.1 Å². The zero-order chi connectivity index (χ0) is 18.8. The first-order valence-corrected chi connectivity index (χ1v) is 10.1. The van der Waals surface area contributed by atoms with E-state index in [1.165, 1.54) is 28.7 Å². The summed E-state index contributed by atoms with van der Waals surface area (Å²) in [4.78, 5) is 24.3. The second kappa shape index (κ2) is 7.50. The number of aliphatic imine (C=N–C) groups is 1. The number of rotatable bonds is 4. The van der Waals surface area contributed by atoms with Gasteiger partial charge >= 0.3 is 0 Å². The topological polar surface area (TPSA) is 45.6 Å². The Morgan fingerprint density at radius 1 is 1.19 bits per heavy atom. The van der Waals surface area contributed by atoms with Gasteiger partial charge in [-0.1, -0.05) is 59.4 Å². The van der Waals surface area contributed by atoms with E-state index in [0.29, 0.717) is 21.7 Å². The van der Waals surface area contributed by atoms with Crippen molar-refractivity contribution in [2.45, 2.75) is 6.92 Å². The van der Waals surface area contributed by atoms with Crippen LogP contribution in [0.5, 0.6) is 0 Å². The summed E-state index contributed by atoms with van der Waals surface area (Å²) in [5.74, 6) is -0.0552. The van der Waals surface area contributed by atoms with Crippen LogP contribution in [0.4, 0.5) is 5.13 Å². The van der Waals surface area contributed by atoms with Crippen molar-refractivity contribution in [3.8, 4) is 0 Å². The van der Waals surface area contributed by atoms with E-state index in [4.69, 9.17) is 0 Å². The fourth-order valence-electron chi connectivity index (χ4n) is 2.69. The number of carbonyl (C=O) groups is 1. The van der Waals surface area contributed by atoms with Crippen molar-refractivity contribution in [3.05, 3.63) is 77.2 Å². The fraction of sp³-hybridized carbons (Fsp3) is 0.0952. The highest BCUT2D eigenvalue weighted by atomic mass is 32.2. The monoisotopic (exact) mass is 391 g/mol. The third kappa shape index (κ3) is 3.72. The maximum absolute atomic E-state index is 12.8. The molecule has 0 N–H and O–H groups in total. The van der Waals surface area contributed by atoms with Crippen LogP contribution in [0.2, 0.25) is 0 Å². The van der Waals surface area contributed by atoms with Gasteiger partial charge in [-0.05, 0) is 42.5 Å². The Kier molecular flexibility index (Phi) is 4.92. The summed E-state index contributed by atoms with van der Waals surface area (Å²) in [5.41, 5.74) is 3.10. The number of hydrogen-bond donors (Lipinski definition) is 0. The molecule has 4 rings (SSSR count). The first-order valence-electron chi connectivity index (χ1n) is 8.47. The van der Waals surface area contributed by atoms with Crippen LogP contribution in [0.15, 0.2) is 71.1 Å². The maximum Gasteiger partial charge on any atom is 0.267 e. The summed E-state index contributed by atoms with van der Waals surface area (Å²) in [7, 11) is 0. The van der Waals surface area contributed by atoms with Gasteiger partial charge in [0, 0.05) is 6.54 Å². The summed E-state index contributed by atoms with van der Waals surface area (Å²) in [6, 6.07) is 16.0. The molecule has 0 saturated carbocycles. The van der Waals surface area contributed by atoms with Gasteiger partial charge in [0.25, 0.3) is 5.91 Å². The predicted octanol–water partition coefficient (Wildman–Crippen LogP) is 5.39. The van der Waals surface area contributed by atoms with E-state index in [2.05, 4.69) is 16.6 Å². The van der Waals surface area contributed by atoms with Gasteiger partial charge in [-0.3, -0.25) is 9.69 Å². The van der Waals surface area contributed by atoms with E-state index < -0.39 is 0 Å². The Morgan fingerprint density at radius 2 is 1.96 bits per heavy atom. The maximum atomic E-state index is 12.8.